The molecule has 2 aromatic heterocycles. The Morgan fingerprint density at radius 3 is 2.91 bits per heavy atom. The number of aromatic nitrogens is 3. The smallest absolute Gasteiger partial charge is 0.233 e. The summed E-state index contributed by atoms with van der Waals surface area (Å²) in [5, 5.41) is 6.97. The standard InChI is InChI=1S/C16H18N4OS2/c1-10-12(9-18-20(10)3)8-17-15(21)11(2)22-16-19-13-6-4-5-7-14(13)23-16/h4-7,9,11H,8H2,1-3H3,(H,17,21)/t11-/m1/s1. The number of carbonyl (C=O) groups is 1. The van der Waals surface area contributed by atoms with Crippen molar-refractivity contribution >= 4 is 39.2 Å². The van der Waals surface area contributed by atoms with Crippen LogP contribution in [-0.2, 0) is 18.4 Å². The maximum Gasteiger partial charge on any atom is 0.233 e. The van der Waals surface area contributed by atoms with Gasteiger partial charge in [-0.15, -0.1) is 11.3 Å². The molecular weight excluding hydrogens is 328 g/mol. The zero-order chi connectivity index (χ0) is 16.4. The Morgan fingerprint density at radius 2 is 2.22 bits per heavy atom. The molecule has 0 radical (unpaired) electrons. The van der Waals surface area contributed by atoms with E-state index < -0.39 is 0 Å². The highest BCUT2D eigenvalue weighted by molar-refractivity contribution is 8.02. The van der Waals surface area contributed by atoms with Crippen LogP contribution < -0.4 is 5.32 Å². The second kappa shape index (κ2) is 6.72. The number of amides is 1. The molecule has 5 nitrogen and oxygen atoms in total. The minimum absolute atomic E-state index is 0.0116. The lowest BCUT2D eigenvalue weighted by Gasteiger charge is -2.10. The average molecular weight is 346 g/mol. The van der Waals surface area contributed by atoms with Gasteiger partial charge in [-0.3, -0.25) is 9.48 Å². The second-order valence-corrected chi connectivity index (χ2v) is 7.92. The fourth-order valence-electron chi connectivity index (χ4n) is 2.15. The van der Waals surface area contributed by atoms with Gasteiger partial charge in [-0.1, -0.05) is 23.9 Å². The van der Waals surface area contributed by atoms with Gasteiger partial charge in [0, 0.05) is 24.8 Å². The van der Waals surface area contributed by atoms with Crippen LogP contribution in [0.15, 0.2) is 34.8 Å². The molecule has 0 saturated heterocycles. The van der Waals surface area contributed by atoms with Gasteiger partial charge < -0.3 is 5.32 Å². The molecule has 1 amide bonds. The zero-order valence-electron chi connectivity index (χ0n) is 13.2. The van der Waals surface area contributed by atoms with E-state index in [2.05, 4.69) is 15.4 Å². The lowest BCUT2D eigenvalue weighted by Crippen LogP contribution is -2.30. The molecule has 1 N–H and O–H groups in total. The molecule has 3 rings (SSSR count). The number of thiazole rings is 1. The van der Waals surface area contributed by atoms with Gasteiger partial charge in [0.1, 0.15) is 0 Å². The molecule has 0 aliphatic carbocycles. The van der Waals surface area contributed by atoms with Crippen LogP contribution in [0.25, 0.3) is 10.2 Å². The Morgan fingerprint density at radius 1 is 1.43 bits per heavy atom. The maximum atomic E-state index is 12.3. The van der Waals surface area contributed by atoms with Crippen LogP contribution in [0, 0.1) is 6.92 Å². The zero-order valence-corrected chi connectivity index (χ0v) is 14.9. The first-order valence-electron chi connectivity index (χ1n) is 7.32. The number of hydrogen-bond donors (Lipinski definition) is 1. The number of hydrogen-bond acceptors (Lipinski definition) is 5. The normalized spacial score (nSPS) is 12.5. The second-order valence-electron chi connectivity index (χ2n) is 5.30. The number of thioether (sulfide) groups is 1. The van der Waals surface area contributed by atoms with Gasteiger partial charge in [0.2, 0.25) is 5.91 Å². The minimum atomic E-state index is -0.187. The Hall–Kier alpha value is -1.86. The number of rotatable bonds is 5. The van der Waals surface area contributed by atoms with E-state index in [-0.39, 0.29) is 11.2 Å². The van der Waals surface area contributed by atoms with Crippen LogP contribution in [0.4, 0.5) is 0 Å². The van der Waals surface area contributed by atoms with Crippen LogP contribution in [0.3, 0.4) is 0 Å². The van der Waals surface area contributed by atoms with E-state index in [1.807, 2.05) is 45.2 Å². The SMILES string of the molecule is Cc1c(CNC(=O)[C@@H](C)Sc2nc3ccccc3s2)cnn1C. The van der Waals surface area contributed by atoms with Crippen molar-refractivity contribution in [3.05, 3.63) is 41.7 Å². The van der Waals surface area contributed by atoms with Crippen LogP contribution in [0.2, 0.25) is 0 Å². The molecule has 7 heteroatoms. The Bertz CT molecular complexity index is 807. The molecule has 0 spiro atoms. The largest absolute Gasteiger partial charge is 0.351 e. The van der Waals surface area contributed by atoms with E-state index in [1.54, 1.807) is 22.2 Å². The number of nitrogens with zero attached hydrogens (tertiary/aromatic N) is 3. The summed E-state index contributed by atoms with van der Waals surface area (Å²) in [5.41, 5.74) is 3.09. The Kier molecular flexibility index (Phi) is 4.68. The van der Waals surface area contributed by atoms with Crippen molar-refractivity contribution in [2.45, 2.75) is 30.0 Å². The number of aryl methyl sites for hydroxylation is 1. The Labute approximate surface area is 143 Å². The van der Waals surface area contributed by atoms with Crippen LogP contribution in [0.5, 0.6) is 0 Å². The van der Waals surface area contributed by atoms with Gasteiger partial charge in [-0.2, -0.15) is 5.10 Å². The first kappa shape index (κ1) is 16.0. The van der Waals surface area contributed by atoms with Gasteiger partial charge in [-0.05, 0) is 26.0 Å². The first-order valence-corrected chi connectivity index (χ1v) is 9.01. The molecule has 3 aromatic rings. The van der Waals surface area contributed by atoms with Crippen molar-refractivity contribution in [2.75, 3.05) is 0 Å². The van der Waals surface area contributed by atoms with E-state index in [9.17, 15) is 4.79 Å². The van der Waals surface area contributed by atoms with Crippen LogP contribution >= 0.6 is 23.1 Å². The summed E-state index contributed by atoms with van der Waals surface area (Å²) < 4.78 is 3.88. The summed E-state index contributed by atoms with van der Waals surface area (Å²) in [6, 6.07) is 8.02. The van der Waals surface area contributed by atoms with E-state index in [1.165, 1.54) is 11.8 Å². The molecule has 0 fully saturated rings. The van der Waals surface area contributed by atoms with E-state index in [4.69, 9.17) is 0 Å². The number of nitrogens with one attached hydrogen (secondary N) is 1. The highest BCUT2D eigenvalue weighted by Gasteiger charge is 2.17. The van der Waals surface area contributed by atoms with Crippen molar-refractivity contribution < 1.29 is 4.79 Å². The summed E-state index contributed by atoms with van der Waals surface area (Å²) in [4.78, 5) is 16.8. The van der Waals surface area contributed by atoms with Gasteiger partial charge >= 0.3 is 0 Å². The molecule has 0 unspecified atom stereocenters. The van der Waals surface area contributed by atoms with Crippen LogP contribution in [0.1, 0.15) is 18.2 Å². The summed E-state index contributed by atoms with van der Waals surface area (Å²) in [7, 11) is 1.90. The molecule has 0 bridgehead atoms. The molecule has 0 saturated carbocycles. The summed E-state index contributed by atoms with van der Waals surface area (Å²) in [6.07, 6.45) is 1.79. The molecular formula is C16H18N4OS2. The number of para-hydroxylation sites is 1. The number of benzene rings is 1. The van der Waals surface area contributed by atoms with Crippen molar-refractivity contribution in [3.63, 3.8) is 0 Å². The lowest BCUT2D eigenvalue weighted by molar-refractivity contribution is -0.120. The van der Waals surface area contributed by atoms with Gasteiger partial charge in [0.25, 0.3) is 0 Å². The third kappa shape index (κ3) is 3.56. The van der Waals surface area contributed by atoms with Crippen molar-refractivity contribution in [2.24, 2.45) is 7.05 Å². The number of fused-ring (bicyclic) bond motifs is 1. The maximum absolute atomic E-state index is 12.3. The van der Waals surface area contributed by atoms with Crippen LogP contribution in [-0.4, -0.2) is 25.9 Å². The molecule has 2 heterocycles. The minimum Gasteiger partial charge on any atom is -0.351 e. The summed E-state index contributed by atoms with van der Waals surface area (Å²) >= 11 is 3.12. The van der Waals surface area contributed by atoms with E-state index >= 15 is 0 Å². The summed E-state index contributed by atoms with van der Waals surface area (Å²) in [5.74, 6) is 0.0116. The molecule has 0 aliphatic heterocycles. The van der Waals surface area contributed by atoms with Gasteiger partial charge in [0.05, 0.1) is 21.7 Å². The third-order valence-corrected chi connectivity index (χ3v) is 5.94. The number of carbonyl (C=O) groups excluding carboxylic acids is 1. The molecule has 1 aromatic carbocycles. The monoisotopic (exact) mass is 346 g/mol. The fourth-order valence-corrected chi connectivity index (χ4v) is 4.39. The molecule has 23 heavy (non-hydrogen) atoms. The van der Waals surface area contributed by atoms with Gasteiger partial charge in [0.15, 0.2) is 4.34 Å². The average Bonchev–Trinajstić information content (AvgIpc) is 3.09. The van der Waals surface area contributed by atoms with Crippen molar-refractivity contribution in [3.8, 4) is 0 Å². The molecule has 0 aliphatic rings. The predicted molar refractivity (Wildman–Crippen MR) is 94.7 cm³/mol. The van der Waals surface area contributed by atoms with E-state index in [0.717, 1.165) is 25.8 Å². The topological polar surface area (TPSA) is 59.8 Å². The van der Waals surface area contributed by atoms with Crippen molar-refractivity contribution in [1.82, 2.24) is 20.1 Å². The molecule has 120 valence electrons. The van der Waals surface area contributed by atoms with Crippen molar-refractivity contribution in [1.29, 1.82) is 0 Å². The highest BCUT2D eigenvalue weighted by Crippen LogP contribution is 2.31. The lowest BCUT2D eigenvalue weighted by atomic mass is 10.2. The van der Waals surface area contributed by atoms with Gasteiger partial charge in [-0.25, -0.2) is 4.98 Å². The summed E-state index contributed by atoms with van der Waals surface area (Å²) in [6.45, 7) is 4.40. The van der Waals surface area contributed by atoms with E-state index in [0.29, 0.717) is 6.54 Å². The Balaban J connectivity index is 1.60. The fraction of sp³-hybridized carbons (Fsp3) is 0.312. The highest BCUT2D eigenvalue weighted by atomic mass is 32.2. The first-order chi connectivity index (χ1) is 11.0. The quantitative estimate of drug-likeness (QED) is 0.721. The predicted octanol–water partition coefficient (Wildman–Crippen LogP) is 3.14. The third-order valence-electron chi connectivity index (χ3n) is 3.71. The molecule has 1 atom stereocenters.